The monoisotopic (exact) mass is 422 g/mol. The molecule has 5 heteroatoms. The first-order valence-electron chi connectivity index (χ1n) is 10.3. The highest BCUT2D eigenvalue weighted by Gasteiger charge is 2.49. The van der Waals surface area contributed by atoms with Crippen molar-refractivity contribution in [2.24, 2.45) is 0 Å². The summed E-state index contributed by atoms with van der Waals surface area (Å²) in [4.78, 5) is 27.6. The Hall–Kier alpha value is -4.17. The predicted molar refractivity (Wildman–Crippen MR) is 122 cm³/mol. The van der Waals surface area contributed by atoms with Gasteiger partial charge in [0.05, 0.1) is 18.7 Å². The second-order valence-electron chi connectivity index (χ2n) is 7.62. The molecule has 2 unspecified atom stereocenters. The van der Waals surface area contributed by atoms with Gasteiger partial charge in [-0.05, 0) is 35.4 Å². The molecule has 158 valence electrons. The molecule has 32 heavy (non-hydrogen) atoms. The molecule has 1 heterocycles. The SMILES string of the molecule is COC(=O)c1ccccc1C(C)C1(C#N)c2ccccc2C=CN1C(=O)c1ccccc1. The third kappa shape index (κ3) is 3.27. The van der Waals surface area contributed by atoms with Crippen LogP contribution in [0.4, 0.5) is 0 Å². The molecular formula is C27H22N2O3. The summed E-state index contributed by atoms with van der Waals surface area (Å²) in [5, 5.41) is 10.7. The first-order valence-corrected chi connectivity index (χ1v) is 10.3. The summed E-state index contributed by atoms with van der Waals surface area (Å²) in [6.07, 6.45) is 3.50. The van der Waals surface area contributed by atoms with Gasteiger partial charge in [-0.25, -0.2) is 4.79 Å². The highest BCUT2D eigenvalue weighted by molar-refractivity contribution is 5.97. The highest BCUT2D eigenvalue weighted by atomic mass is 16.5. The van der Waals surface area contributed by atoms with Gasteiger partial charge in [0.25, 0.3) is 5.91 Å². The fourth-order valence-electron chi connectivity index (χ4n) is 4.39. The Morgan fingerprint density at radius 1 is 0.969 bits per heavy atom. The molecule has 0 fully saturated rings. The van der Waals surface area contributed by atoms with Crippen molar-refractivity contribution in [3.8, 4) is 6.07 Å². The number of carbonyl (C=O) groups excluding carboxylic acids is 2. The van der Waals surface area contributed by atoms with Crippen molar-refractivity contribution in [1.82, 2.24) is 4.90 Å². The first-order chi connectivity index (χ1) is 15.5. The van der Waals surface area contributed by atoms with E-state index in [1.807, 2.05) is 55.5 Å². The van der Waals surface area contributed by atoms with Crippen molar-refractivity contribution in [3.05, 3.63) is 113 Å². The number of amides is 1. The summed E-state index contributed by atoms with van der Waals surface area (Å²) in [6, 6.07) is 25.9. The number of methoxy groups -OCH3 is 1. The fraction of sp³-hybridized carbons (Fsp3) is 0.148. The van der Waals surface area contributed by atoms with E-state index < -0.39 is 17.4 Å². The summed E-state index contributed by atoms with van der Waals surface area (Å²) in [5.41, 5.74) is 1.68. The molecule has 3 aromatic carbocycles. The molecule has 0 bridgehead atoms. The van der Waals surface area contributed by atoms with Crippen molar-refractivity contribution in [1.29, 1.82) is 5.26 Å². The van der Waals surface area contributed by atoms with Crippen LogP contribution < -0.4 is 0 Å². The Bertz CT molecular complexity index is 1240. The minimum atomic E-state index is -1.37. The van der Waals surface area contributed by atoms with Crippen molar-refractivity contribution in [2.45, 2.75) is 18.4 Å². The summed E-state index contributed by atoms with van der Waals surface area (Å²) in [6.45, 7) is 1.87. The Kier molecular flexibility index (Phi) is 5.61. The van der Waals surface area contributed by atoms with E-state index in [4.69, 9.17) is 4.74 Å². The number of benzene rings is 3. The van der Waals surface area contributed by atoms with E-state index in [0.29, 0.717) is 22.3 Å². The first kappa shape index (κ1) is 21.1. The van der Waals surface area contributed by atoms with Crippen LogP contribution in [0.3, 0.4) is 0 Å². The van der Waals surface area contributed by atoms with E-state index in [-0.39, 0.29) is 5.91 Å². The normalized spacial score (nSPS) is 17.7. The minimum Gasteiger partial charge on any atom is -0.465 e. The molecule has 1 aliphatic heterocycles. The fourth-order valence-corrected chi connectivity index (χ4v) is 4.39. The molecule has 0 radical (unpaired) electrons. The number of nitriles is 1. The molecule has 3 aromatic rings. The van der Waals surface area contributed by atoms with E-state index in [2.05, 4.69) is 6.07 Å². The van der Waals surface area contributed by atoms with Crippen LogP contribution in [0.5, 0.6) is 0 Å². The van der Waals surface area contributed by atoms with Gasteiger partial charge < -0.3 is 4.74 Å². The average molecular weight is 422 g/mol. The molecule has 0 aliphatic carbocycles. The average Bonchev–Trinajstić information content (AvgIpc) is 2.87. The summed E-state index contributed by atoms with van der Waals surface area (Å²) in [7, 11) is 1.33. The van der Waals surface area contributed by atoms with E-state index in [1.165, 1.54) is 12.0 Å². The van der Waals surface area contributed by atoms with Crippen molar-refractivity contribution >= 4 is 18.0 Å². The van der Waals surface area contributed by atoms with Gasteiger partial charge in [0.2, 0.25) is 0 Å². The van der Waals surface area contributed by atoms with Crippen LogP contribution in [0, 0.1) is 11.3 Å². The lowest BCUT2D eigenvalue weighted by atomic mass is 9.71. The smallest absolute Gasteiger partial charge is 0.338 e. The molecule has 1 amide bonds. The molecule has 0 saturated carbocycles. The highest BCUT2D eigenvalue weighted by Crippen LogP contribution is 2.47. The van der Waals surface area contributed by atoms with E-state index >= 15 is 0 Å². The van der Waals surface area contributed by atoms with Gasteiger partial charge in [0, 0.05) is 23.2 Å². The second-order valence-corrected chi connectivity index (χ2v) is 7.62. The van der Waals surface area contributed by atoms with E-state index in [9.17, 15) is 14.9 Å². The van der Waals surface area contributed by atoms with Gasteiger partial charge in [0.1, 0.15) is 0 Å². The van der Waals surface area contributed by atoms with Crippen molar-refractivity contribution in [3.63, 3.8) is 0 Å². The number of carbonyl (C=O) groups is 2. The molecule has 2 atom stereocenters. The second kappa shape index (κ2) is 8.52. The zero-order valence-electron chi connectivity index (χ0n) is 17.9. The lowest BCUT2D eigenvalue weighted by molar-refractivity contribution is 0.0596. The number of ether oxygens (including phenoxy) is 1. The van der Waals surface area contributed by atoms with Crippen LogP contribution in [0.25, 0.3) is 6.08 Å². The molecule has 0 N–H and O–H groups in total. The molecule has 0 saturated heterocycles. The topological polar surface area (TPSA) is 70.4 Å². The molecule has 1 aliphatic rings. The zero-order valence-corrected chi connectivity index (χ0v) is 17.9. The molecule has 0 aromatic heterocycles. The third-order valence-electron chi connectivity index (χ3n) is 6.02. The van der Waals surface area contributed by atoms with Crippen LogP contribution in [0.15, 0.2) is 85.1 Å². The van der Waals surface area contributed by atoms with Crippen molar-refractivity contribution < 1.29 is 14.3 Å². The van der Waals surface area contributed by atoms with Crippen molar-refractivity contribution in [2.75, 3.05) is 7.11 Å². The van der Waals surface area contributed by atoms with Gasteiger partial charge in [-0.1, -0.05) is 67.6 Å². The number of esters is 1. The van der Waals surface area contributed by atoms with Crippen LogP contribution in [-0.4, -0.2) is 23.9 Å². The largest absolute Gasteiger partial charge is 0.465 e. The van der Waals surface area contributed by atoms with Crippen LogP contribution >= 0.6 is 0 Å². The van der Waals surface area contributed by atoms with Crippen LogP contribution in [0.2, 0.25) is 0 Å². The number of hydrogen-bond acceptors (Lipinski definition) is 4. The molecule has 5 nitrogen and oxygen atoms in total. The van der Waals surface area contributed by atoms with Gasteiger partial charge in [-0.15, -0.1) is 0 Å². The van der Waals surface area contributed by atoms with Gasteiger partial charge in [0.15, 0.2) is 5.54 Å². The number of fused-ring (bicyclic) bond motifs is 1. The predicted octanol–water partition coefficient (Wildman–Crippen LogP) is 5.12. The maximum atomic E-state index is 13.6. The Labute approximate surface area is 187 Å². The quantitative estimate of drug-likeness (QED) is 0.547. The summed E-state index contributed by atoms with van der Waals surface area (Å²) in [5.74, 6) is -1.32. The minimum absolute atomic E-state index is 0.291. The zero-order chi connectivity index (χ0) is 22.7. The lowest BCUT2D eigenvalue weighted by Gasteiger charge is -2.44. The Morgan fingerprint density at radius 3 is 2.34 bits per heavy atom. The Morgan fingerprint density at radius 2 is 1.62 bits per heavy atom. The summed E-state index contributed by atoms with van der Waals surface area (Å²) >= 11 is 0. The van der Waals surface area contributed by atoms with Gasteiger partial charge in [-0.3, -0.25) is 9.69 Å². The standard InChI is InChI=1S/C27H22N2O3/c1-19(22-13-7-8-14-23(22)26(31)32-2)27(18-28)24-15-9-6-10-20(24)16-17-29(27)25(30)21-11-4-3-5-12-21/h3-17,19H,1-2H3. The van der Waals surface area contributed by atoms with E-state index in [1.54, 1.807) is 42.6 Å². The summed E-state index contributed by atoms with van der Waals surface area (Å²) < 4.78 is 4.98. The molecule has 0 spiro atoms. The number of rotatable bonds is 4. The number of nitrogens with zero attached hydrogens (tertiary/aromatic N) is 2. The van der Waals surface area contributed by atoms with Gasteiger partial charge in [-0.2, -0.15) is 5.26 Å². The van der Waals surface area contributed by atoms with Crippen LogP contribution in [-0.2, 0) is 10.3 Å². The Balaban J connectivity index is 1.95. The van der Waals surface area contributed by atoms with E-state index in [0.717, 1.165) is 5.56 Å². The van der Waals surface area contributed by atoms with Gasteiger partial charge >= 0.3 is 5.97 Å². The molecule has 4 rings (SSSR count). The third-order valence-corrected chi connectivity index (χ3v) is 6.02. The maximum absolute atomic E-state index is 13.6. The number of hydrogen-bond donors (Lipinski definition) is 0. The molecular weight excluding hydrogens is 400 g/mol. The van der Waals surface area contributed by atoms with Crippen LogP contribution in [0.1, 0.15) is 50.2 Å². The maximum Gasteiger partial charge on any atom is 0.338 e. The lowest BCUT2D eigenvalue weighted by Crippen LogP contribution is -2.51.